The van der Waals surface area contributed by atoms with Gasteiger partial charge in [-0.05, 0) is 40.2 Å². The van der Waals surface area contributed by atoms with Crippen LogP contribution in [0.4, 0.5) is 17.1 Å². The van der Waals surface area contributed by atoms with Crippen LogP contribution in [-0.2, 0) is 0 Å². The van der Waals surface area contributed by atoms with E-state index in [-0.39, 0.29) is 16.9 Å². The molecule has 0 unspecified atom stereocenters. The van der Waals surface area contributed by atoms with Crippen LogP contribution in [0.2, 0.25) is 5.02 Å². The summed E-state index contributed by atoms with van der Waals surface area (Å²) >= 11 is 9.19. The maximum Gasteiger partial charge on any atom is 0.337 e. The number of carboxylic acids is 1. The fourth-order valence-corrected chi connectivity index (χ4v) is 2.09. The lowest BCUT2D eigenvalue weighted by molar-refractivity contribution is -0.384. The van der Waals surface area contributed by atoms with Crippen LogP contribution >= 0.6 is 27.5 Å². The third-order valence-corrected chi connectivity index (χ3v) is 3.88. The number of benzene rings is 2. The Morgan fingerprint density at radius 3 is 2.57 bits per heavy atom. The summed E-state index contributed by atoms with van der Waals surface area (Å²) in [7, 11) is 0. The number of hydrogen-bond donors (Lipinski definition) is 2. The third-order valence-electron chi connectivity index (χ3n) is 2.64. The van der Waals surface area contributed by atoms with Gasteiger partial charge in [0.05, 0.1) is 21.2 Å². The summed E-state index contributed by atoms with van der Waals surface area (Å²) in [5, 5.41) is 23.2. The Kier molecular flexibility index (Phi) is 4.44. The summed E-state index contributed by atoms with van der Waals surface area (Å²) in [6.07, 6.45) is 0. The van der Waals surface area contributed by atoms with Gasteiger partial charge in [0.1, 0.15) is 0 Å². The molecule has 108 valence electrons. The van der Waals surface area contributed by atoms with Gasteiger partial charge in [-0.15, -0.1) is 0 Å². The molecule has 0 bridgehead atoms. The molecule has 6 nitrogen and oxygen atoms in total. The number of carbonyl (C=O) groups is 1. The van der Waals surface area contributed by atoms with Crippen LogP contribution in [0.15, 0.2) is 40.9 Å². The molecule has 0 aromatic heterocycles. The molecule has 0 aliphatic rings. The highest BCUT2D eigenvalue weighted by Crippen LogP contribution is 2.30. The smallest absolute Gasteiger partial charge is 0.337 e. The number of nitrogens with zero attached hydrogens (tertiary/aromatic N) is 1. The Hall–Kier alpha value is -2.12. The van der Waals surface area contributed by atoms with E-state index in [0.717, 1.165) is 6.07 Å². The van der Waals surface area contributed by atoms with Crippen LogP contribution in [0, 0.1) is 10.1 Å². The van der Waals surface area contributed by atoms with Gasteiger partial charge in [0.15, 0.2) is 0 Å². The van der Waals surface area contributed by atoms with E-state index < -0.39 is 10.9 Å². The molecule has 0 saturated heterocycles. The van der Waals surface area contributed by atoms with Crippen molar-refractivity contribution in [2.45, 2.75) is 0 Å². The van der Waals surface area contributed by atoms with E-state index in [0.29, 0.717) is 15.2 Å². The van der Waals surface area contributed by atoms with E-state index >= 15 is 0 Å². The summed E-state index contributed by atoms with van der Waals surface area (Å²) in [6.45, 7) is 0. The minimum Gasteiger partial charge on any atom is -0.478 e. The predicted molar refractivity (Wildman–Crippen MR) is 82.5 cm³/mol. The van der Waals surface area contributed by atoms with Gasteiger partial charge in [-0.25, -0.2) is 4.79 Å². The quantitative estimate of drug-likeness (QED) is 0.612. The second-order valence-corrected chi connectivity index (χ2v) is 5.31. The number of non-ortho nitro benzene ring substituents is 1. The second-order valence-electron chi connectivity index (χ2n) is 4.05. The molecule has 2 aromatic rings. The largest absolute Gasteiger partial charge is 0.478 e. The first kappa shape index (κ1) is 15.3. The van der Waals surface area contributed by atoms with Crippen molar-refractivity contribution >= 4 is 50.6 Å². The van der Waals surface area contributed by atoms with Gasteiger partial charge in [-0.1, -0.05) is 11.6 Å². The first-order chi connectivity index (χ1) is 9.88. The number of anilines is 2. The number of rotatable bonds is 4. The standard InChI is InChI=1S/C13H8BrClN2O4/c14-10-4-1-7(5-11(10)15)16-12-6-8(17(20)21)2-3-9(12)13(18)19/h1-6,16H,(H,18,19). The molecule has 0 heterocycles. The van der Waals surface area contributed by atoms with E-state index in [1.165, 1.54) is 12.1 Å². The van der Waals surface area contributed by atoms with E-state index in [9.17, 15) is 14.9 Å². The van der Waals surface area contributed by atoms with Gasteiger partial charge in [0.25, 0.3) is 5.69 Å². The molecule has 0 spiro atoms. The minimum atomic E-state index is -1.18. The Morgan fingerprint density at radius 1 is 1.29 bits per heavy atom. The van der Waals surface area contributed by atoms with Crippen molar-refractivity contribution in [2.75, 3.05) is 5.32 Å². The van der Waals surface area contributed by atoms with Gasteiger partial charge in [-0.3, -0.25) is 10.1 Å². The molecule has 2 N–H and O–H groups in total. The highest BCUT2D eigenvalue weighted by atomic mass is 79.9. The van der Waals surface area contributed by atoms with Crippen LogP contribution in [0.25, 0.3) is 0 Å². The van der Waals surface area contributed by atoms with E-state index in [4.69, 9.17) is 16.7 Å². The Bertz CT molecular complexity index is 736. The minimum absolute atomic E-state index is 0.0698. The first-order valence-corrected chi connectivity index (χ1v) is 6.79. The summed E-state index contributed by atoms with van der Waals surface area (Å²) < 4.78 is 0.687. The first-order valence-electron chi connectivity index (χ1n) is 5.62. The van der Waals surface area contributed by atoms with Crippen molar-refractivity contribution in [1.82, 2.24) is 0 Å². The molecule has 0 fully saturated rings. The molecular weight excluding hydrogens is 364 g/mol. The van der Waals surface area contributed by atoms with Crippen molar-refractivity contribution in [1.29, 1.82) is 0 Å². The maximum atomic E-state index is 11.2. The van der Waals surface area contributed by atoms with Crippen molar-refractivity contribution < 1.29 is 14.8 Å². The third kappa shape index (κ3) is 3.50. The van der Waals surface area contributed by atoms with Crippen molar-refractivity contribution in [3.05, 3.63) is 61.6 Å². The van der Waals surface area contributed by atoms with Gasteiger partial charge < -0.3 is 10.4 Å². The zero-order chi connectivity index (χ0) is 15.6. The van der Waals surface area contributed by atoms with Gasteiger partial charge in [-0.2, -0.15) is 0 Å². The highest BCUT2D eigenvalue weighted by molar-refractivity contribution is 9.10. The van der Waals surface area contributed by atoms with E-state index in [1.54, 1.807) is 18.2 Å². The lowest BCUT2D eigenvalue weighted by Gasteiger charge is -2.10. The average Bonchev–Trinajstić information content (AvgIpc) is 2.42. The molecule has 0 aliphatic carbocycles. The SMILES string of the molecule is O=C(O)c1ccc([N+](=O)[O-])cc1Nc1ccc(Br)c(Cl)c1. The average molecular weight is 372 g/mol. The van der Waals surface area contributed by atoms with E-state index in [1.807, 2.05) is 0 Å². The predicted octanol–water partition coefficient (Wildman–Crippen LogP) is 4.45. The van der Waals surface area contributed by atoms with Crippen LogP contribution in [0.3, 0.4) is 0 Å². The fourth-order valence-electron chi connectivity index (χ4n) is 1.67. The molecule has 0 saturated carbocycles. The number of nitrogens with one attached hydrogen (secondary N) is 1. The molecule has 2 aromatic carbocycles. The zero-order valence-electron chi connectivity index (χ0n) is 10.3. The van der Waals surface area contributed by atoms with Crippen molar-refractivity contribution in [2.24, 2.45) is 0 Å². The normalized spacial score (nSPS) is 10.2. The molecule has 8 heteroatoms. The molecule has 0 amide bonds. The molecule has 0 aliphatic heterocycles. The summed E-state index contributed by atoms with van der Waals surface area (Å²) in [4.78, 5) is 21.4. The zero-order valence-corrected chi connectivity index (χ0v) is 12.7. The number of carboxylic acid groups (broad SMARTS) is 1. The second kappa shape index (κ2) is 6.11. The van der Waals surface area contributed by atoms with Crippen LogP contribution in [0.5, 0.6) is 0 Å². The number of hydrogen-bond acceptors (Lipinski definition) is 4. The Balaban J connectivity index is 2.45. The Morgan fingerprint density at radius 2 is 2.00 bits per heavy atom. The number of halogens is 2. The van der Waals surface area contributed by atoms with Gasteiger partial charge >= 0.3 is 5.97 Å². The lowest BCUT2D eigenvalue weighted by Crippen LogP contribution is -2.03. The number of aromatic carboxylic acids is 1. The molecule has 0 radical (unpaired) electrons. The molecular formula is C13H8BrClN2O4. The van der Waals surface area contributed by atoms with Crippen LogP contribution in [-0.4, -0.2) is 16.0 Å². The van der Waals surface area contributed by atoms with Crippen molar-refractivity contribution in [3.63, 3.8) is 0 Å². The molecule has 0 atom stereocenters. The maximum absolute atomic E-state index is 11.2. The molecule has 21 heavy (non-hydrogen) atoms. The summed E-state index contributed by atoms with van der Waals surface area (Å²) in [5.41, 5.74) is 0.367. The molecule has 2 rings (SSSR count). The van der Waals surface area contributed by atoms with Crippen LogP contribution < -0.4 is 5.32 Å². The topological polar surface area (TPSA) is 92.5 Å². The number of nitro groups is 1. The lowest BCUT2D eigenvalue weighted by atomic mass is 10.1. The number of nitro benzene ring substituents is 1. The highest BCUT2D eigenvalue weighted by Gasteiger charge is 2.15. The van der Waals surface area contributed by atoms with Crippen molar-refractivity contribution in [3.8, 4) is 0 Å². The fraction of sp³-hybridized carbons (Fsp3) is 0. The van der Waals surface area contributed by atoms with Gasteiger partial charge in [0, 0.05) is 22.3 Å². The summed E-state index contributed by atoms with van der Waals surface area (Å²) in [6, 6.07) is 8.42. The Labute approximate surface area is 132 Å². The van der Waals surface area contributed by atoms with Crippen LogP contribution in [0.1, 0.15) is 10.4 Å². The van der Waals surface area contributed by atoms with Gasteiger partial charge in [0.2, 0.25) is 0 Å². The summed E-state index contributed by atoms with van der Waals surface area (Å²) in [5.74, 6) is -1.18. The monoisotopic (exact) mass is 370 g/mol. The van der Waals surface area contributed by atoms with E-state index in [2.05, 4.69) is 21.2 Å².